The van der Waals surface area contributed by atoms with Gasteiger partial charge in [-0.3, -0.25) is 4.79 Å². The van der Waals surface area contributed by atoms with Gasteiger partial charge in [-0.2, -0.15) is 0 Å². The first-order chi connectivity index (χ1) is 12.2. The lowest BCUT2D eigenvalue weighted by Crippen LogP contribution is -2.16. The first kappa shape index (κ1) is 15.3. The summed E-state index contributed by atoms with van der Waals surface area (Å²) in [5.41, 5.74) is 4.72. The van der Waals surface area contributed by atoms with Gasteiger partial charge in [-0.1, -0.05) is 60.2 Å². The molecule has 0 saturated heterocycles. The molecule has 1 aromatic heterocycles. The highest BCUT2D eigenvalue weighted by Gasteiger charge is 2.23. The van der Waals surface area contributed by atoms with Gasteiger partial charge >= 0.3 is 0 Å². The molecule has 1 aliphatic heterocycles. The predicted octanol–water partition coefficient (Wildman–Crippen LogP) is 3.23. The monoisotopic (exact) mass is 330 g/mol. The number of aromatic nitrogens is 2. The number of hydrogen-bond acceptors (Lipinski definition) is 4. The molecule has 2 heterocycles. The number of fused-ring (bicyclic) bond motifs is 1. The van der Waals surface area contributed by atoms with Crippen molar-refractivity contribution in [3.8, 4) is 0 Å². The molecule has 124 valence electrons. The Hall–Kier alpha value is -3.21. The largest absolute Gasteiger partial charge is 0.346 e. The number of hydrogen-bond donors (Lipinski definition) is 2. The van der Waals surface area contributed by atoms with E-state index in [1.165, 1.54) is 5.56 Å². The average Bonchev–Trinajstić information content (AvgIpc) is 3.02. The van der Waals surface area contributed by atoms with E-state index in [2.05, 4.69) is 63.9 Å². The quantitative estimate of drug-likeness (QED) is 0.771. The molecule has 1 aliphatic rings. The Morgan fingerprint density at radius 2 is 1.76 bits per heavy atom. The van der Waals surface area contributed by atoms with Crippen molar-refractivity contribution < 1.29 is 4.79 Å². The second-order valence-corrected chi connectivity index (χ2v) is 6.15. The summed E-state index contributed by atoms with van der Waals surface area (Å²) < 4.78 is 0. The van der Waals surface area contributed by atoms with Crippen molar-refractivity contribution in [1.29, 1.82) is 0 Å². The smallest absolute Gasteiger partial charge is 0.270 e. The Bertz CT molecular complexity index is 907. The van der Waals surface area contributed by atoms with Gasteiger partial charge in [0.2, 0.25) is 5.95 Å². The molecule has 3 aromatic rings. The Kier molecular flexibility index (Phi) is 3.90. The Balaban J connectivity index is 1.71. The van der Waals surface area contributed by atoms with Crippen LogP contribution in [-0.2, 0) is 6.54 Å². The molecule has 5 heteroatoms. The van der Waals surface area contributed by atoms with E-state index in [9.17, 15) is 4.79 Å². The molecule has 2 N–H and O–H groups in total. The SMILES string of the molecule is Cc1ccc(C(Nc2ncc3c(n2)C(=O)NC3)c2ccccc2)cc1. The molecule has 0 aliphatic carbocycles. The predicted molar refractivity (Wildman–Crippen MR) is 96.3 cm³/mol. The summed E-state index contributed by atoms with van der Waals surface area (Å²) in [6, 6.07) is 18.4. The molecule has 5 nitrogen and oxygen atoms in total. The maximum absolute atomic E-state index is 11.9. The number of aryl methyl sites for hydroxylation is 1. The summed E-state index contributed by atoms with van der Waals surface area (Å²) in [4.78, 5) is 20.6. The Morgan fingerprint density at radius 3 is 2.52 bits per heavy atom. The highest BCUT2D eigenvalue weighted by molar-refractivity contribution is 5.96. The fourth-order valence-electron chi connectivity index (χ4n) is 2.95. The van der Waals surface area contributed by atoms with Crippen LogP contribution in [0.25, 0.3) is 0 Å². The van der Waals surface area contributed by atoms with Crippen molar-refractivity contribution in [3.63, 3.8) is 0 Å². The molecule has 1 amide bonds. The van der Waals surface area contributed by atoms with E-state index in [0.717, 1.165) is 16.7 Å². The van der Waals surface area contributed by atoms with E-state index < -0.39 is 0 Å². The van der Waals surface area contributed by atoms with E-state index >= 15 is 0 Å². The minimum atomic E-state index is -0.146. The standard InChI is InChI=1S/C20H18N4O/c1-13-7-9-15(10-8-13)17(14-5-3-2-4-6-14)23-20-22-12-16-11-21-19(25)18(16)24-20/h2-10,12,17H,11H2,1H3,(H,21,25)(H,22,23,24). The van der Waals surface area contributed by atoms with Crippen molar-refractivity contribution in [2.24, 2.45) is 0 Å². The van der Waals surface area contributed by atoms with Gasteiger partial charge in [-0.05, 0) is 18.1 Å². The number of anilines is 1. The van der Waals surface area contributed by atoms with Crippen LogP contribution < -0.4 is 10.6 Å². The molecule has 0 radical (unpaired) electrons. The lowest BCUT2D eigenvalue weighted by Gasteiger charge is -2.20. The number of benzene rings is 2. The second-order valence-electron chi connectivity index (χ2n) is 6.15. The molecule has 1 unspecified atom stereocenters. The van der Waals surface area contributed by atoms with Crippen molar-refractivity contribution >= 4 is 11.9 Å². The average molecular weight is 330 g/mol. The van der Waals surface area contributed by atoms with Crippen LogP contribution in [-0.4, -0.2) is 15.9 Å². The second kappa shape index (κ2) is 6.36. The van der Waals surface area contributed by atoms with E-state index in [4.69, 9.17) is 0 Å². The van der Waals surface area contributed by atoms with Crippen molar-refractivity contribution in [2.75, 3.05) is 5.32 Å². The summed E-state index contributed by atoms with van der Waals surface area (Å²) >= 11 is 0. The third-order valence-corrected chi connectivity index (χ3v) is 4.34. The molecular formula is C20H18N4O. The maximum Gasteiger partial charge on any atom is 0.270 e. The van der Waals surface area contributed by atoms with Gasteiger partial charge in [-0.25, -0.2) is 9.97 Å². The number of amides is 1. The van der Waals surface area contributed by atoms with Gasteiger partial charge in [0.25, 0.3) is 5.91 Å². The minimum Gasteiger partial charge on any atom is -0.346 e. The summed E-state index contributed by atoms with van der Waals surface area (Å²) in [7, 11) is 0. The molecule has 1 atom stereocenters. The van der Waals surface area contributed by atoms with Crippen LogP contribution in [0, 0.1) is 6.92 Å². The number of carbonyl (C=O) groups is 1. The number of nitrogens with one attached hydrogen (secondary N) is 2. The summed E-state index contributed by atoms with van der Waals surface area (Å²) in [6.45, 7) is 2.56. The van der Waals surface area contributed by atoms with Gasteiger partial charge in [0.15, 0.2) is 0 Å². The summed E-state index contributed by atoms with van der Waals surface area (Å²) in [5, 5.41) is 6.14. The normalized spacial score (nSPS) is 13.9. The Morgan fingerprint density at radius 1 is 1.04 bits per heavy atom. The van der Waals surface area contributed by atoms with Gasteiger partial charge in [0.05, 0.1) is 6.04 Å². The van der Waals surface area contributed by atoms with Crippen LogP contribution in [0.2, 0.25) is 0 Å². The zero-order valence-electron chi connectivity index (χ0n) is 13.9. The third-order valence-electron chi connectivity index (χ3n) is 4.34. The highest BCUT2D eigenvalue weighted by atomic mass is 16.2. The third kappa shape index (κ3) is 3.08. The van der Waals surface area contributed by atoms with Crippen molar-refractivity contribution in [2.45, 2.75) is 19.5 Å². The molecule has 25 heavy (non-hydrogen) atoms. The van der Waals surface area contributed by atoms with Crippen LogP contribution in [0.4, 0.5) is 5.95 Å². The van der Waals surface area contributed by atoms with E-state index in [1.807, 2.05) is 18.2 Å². The molecule has 0 saturated carbocycles. The van der Waals surface area contributed by atoms with E-state index in [-0.39, 0.29) is 11.9 Å². The maximum atomic E-state index is 11.9. The van der Waals surface area contributed by atoms with E-state index in [0.29, 0.717) is 18.2 Å². The zero-order valence-corrected chi connectivity index (χ0v) is 13.9. The number of nitrogens with zero attached hydrogens (tertiary/aromatic N) is 2. The molecule has 0 fully saturated rings. The van der Waals surface area contributed by atoms with Gasteiger partial charge in [0.1, 0.15) is 5.69 Å². The van der Waals surface area contributed by atoms with Crippen molar-refractivity contribution in [1.82, 2.24) is 15.3 Å². The van der Waals surface area contributed by atoms with Gasteiger partial charge in [0, 0.05) is 18.3 Å². The van der Waals surface area contributed by atoms with E-state index in [1.54, 1.807) is 6.20 Å². The molecule has 0 spiro atoms. The van der Waals surface area contributed by atoms with Gasteiger partial charge in [-0.15, -0.1) is 0 Å². The van der Waals surface area contributed by atoms with Crippen LogP contribution in [0.5, 0.6) is 0 Å². The van der Waals surface area contributed by atoms with Gasteiger partial charge < -0.3 is 10.6 Å². The lowest BCUT2D eigenvalue weighted by atomic mass is 9.98. The fourth-order valence-corrected chi connectivity index (χ4v) is 2.95. The van der Waals surface area contributed by atoms with Crippen LogP contribution >= 0.6 is 0 Å². The fraction of sp³-hybridized carbons (Fsp3) is 0.150. The molecule has 2 aromatic carbocycles. The summed E-state index contributed by atoms with van der Waals surface area (Å²) in [5.74, 6) is 0.303. The Labute approximate surface area is 146 Å². The first-order valence-corrected chi connectivity index (χ1v) is 8.23. The minimum absolute atomic E-state index is 0.0932. The summed E-state index contributed by atoms with van der Waals surface area (Å²) in [6.07, 6.45) is 1.71. The molecular weight excluding hydrogens is 312 g/mol. The van der Waals surface area contributed by atoms with Crippen molar-refractivity contribution in [3.05, 3.63) is 88.7 Å². The van der Waals surface area contributed by atoms with Crippen LogP contribution in [0.1, 0.15) is 38.8 Å². The molecule has 0 bridgehead atoms. The number of carbonyl (C=O) groups excluding carboxylic acids is 1. The molecule has 4 rings (SSSR count). The first-order valence-electron chi connectivity index (χ1n) is 8.23. The van der Waals surface area contributed by atoms with Crippen LogP contribution in [0.15, 0.2) is 60.8 Å². The number of rotatable bonds is 4. The lowest BCUT2D eigenvalue weighted by molar-refractivity contribution is 0.0961. The zero-order chi connectivity index (χ0) is 17.2. The topological polar surface area (TPSA) is 66.9 Å². The highest BCUT2D eigenvalue weighted by Crippen LogP contribution is 2.26. The van der Waals surface area contributed by atoms with Crippen LogP contribution in [0.3, 0.4) is 0 Å².